The summed E-state index contributed by atoms with van der Waals surface area (Å²) < 4.78 is 28.6. The van der Waals surface area contributed by atoms with Gasteiger partial charge in [-0.2, -0.15) is 8.42 Å². The molecular formula is C5H12N2O4S. The second-order valence-corrected chi connectivity index (χ2v) is 3.82. The number of rotatable bonds is 6. The third kappa shape index (κ3) is 9.34. The van der Waals surface area contributed by atoms with E-state index in [1.54, 1.807) is 0 Å². The highest BCUT2D eigenvalue weighted by atomic mass is 32.2. The minimum absolute atomic E-state index is 0.117. The second-order valence-electron chi connectivity index (χ2n) is 2.25. The van der Waals surface area contributed by atoms with Crippen molar-refractivity contribution < 1.29 is 17.8 Å². The molecule has 0 bridgehead atoms. The average Bonchev–Trinajstić information content (AvgIpc) is 1.83. The maximum absolute atomic E-state index is 10.2. The Balaban J connectivity index is 3.29. The van der Waals surface area contributed by atoms with Crippen molar-refractivity contribution in [3.05, 3.63) is 0 Å². The van der Waals surface area contributed by atoms with Crippen LogP contribution in [-0.2, 0) is 14.9 Å². The van der Waals surface area contributed by atoms with E-state index in [0.29, 0.717) is 6.54 Å². The van der Waals surface area contributed by atoms with Crippen LogP contribution in [0.4, 0.5) is 0 Å². The number of nitrogens with one attached hydrogen (secondary N) is 1. The largest absolute Gasteiger partial charge is 0.370 e. The fourth-order valence-corrected chi connectivity index (χ4v) is 0.940. The van der Waals surface area contributed by atoms with Crippen LogP contribution in [0.2, 0.25) is 0 Å². The number of amides is 1. The molecule has 0 saturated carbocycles. The van der Waals surface area contributed by atoms with Gasteiger partial charge in [0.05, 0.1) is 5.75 Å². The number of hydrogen-bond donors (Lipinski definition) is 3. The van der Waals surface area contributed by atoms with Crippen molar-refractivity contribution >= 4 is 16.0 Å². The van der Waals surface area contributed by atoms with Gasteiger partial charge in [0.1, 0.15) is 0 Å². The fourth-order valence-electron chi connectivity index (χ4n) is 0.538. The van der Waals surface area contributed by atoms with Gasteiger partial charge in [0.2, 0.25) is 5.91 Å². The van der Waals surface area contributed by atoms with Crippen molar-refractivity contribution in [2.45, 2.75) is 6.42 Å². The van der Waals surface area contributed by atoms with Gasteiger partial charge in [-0.05, 0) is 0 Å². The van der Waals surface area contributed by atoms with E-state index in [9.17, 15) is 13.2 Å². The summed E-state index contributed by atoms with van der Waals surface area (Å²) in [6.07, 6.45) is 0.158. The van der Waals surface area contributed by atoms with Gasteiger partial charge in [-0.25, -0.2) is 0 Å². The van der Waals surface area contributed by atoms with Crippen molar-refractivity contribution in [3.63, 3.8) is 0 Å². The predicted octanol–water partition coefficient (Wildman–Crippen LogP) is -1.66. The Labute approximate surface area is 70.9 Å². The molecule has 0 spiro atoms. The van der Waals surface area contributed by atoms with Crippen LogP contribution in [-0.4, -0.2) is 37.7 Å². The van der Waals surface area contributed by atoms with Crippen LogP contribution < -0.4 is 11.1 Å². The standard InChI is InChI=1S/C5H12N2O4S/c6-5(8)1-2-7-3-4-12(9,10)11/h7H,1-4H2,(H2,6,8)(H,9,10,11). The SMILES string of the molecule is NC(=O)CCNCCS(=O)(=O)O. The van der Waals surface area contributed by atoms with Crippen LogP contribution in [0.15, 0.2) is 0 Å². The zero-order valence-electron chi connectivity index (χ0n) is 6.49. The number of nitrogens with two attached hydrogens (primary N) is 1. The van der Waals surface area contributed by atoms with E-state index in [-0.39, 0.29) is 18.7 Å². The first-order chi connectivity index (χ1) is 5.42. The van der Waals surface area contributed by atoms with E-state index < -0.39 is 16.0 Å². The van der Waals surface area contributed by atoms with Gasteiger partial charge < -0.3 is 11.1 Å². The molecule has 0 radical (unpaired) electrons. The number of carbonyl (C=O) groups excluding carboxylic acids is 1. The molecule has 0 atom stereocenters. The van der Waals surface area contributed by atoms with Gasteiger partial charge in [-0.1, -0.05) is 0 Å². The second kappa shape index (κ2) is 5.07. The van der Waals surface area contributed by atoms with Gasteiger partial charge in [0, 0.05) is 19.5 Å². The van der Waals surface area contributed by atoms with Gasteiger partial charge in [-0.15, -0.1) is 0 Å². The van der Waals surface area contributed by atoms with Crippen LogP contribution in [0.5, 0.6) is 0 Å². The molecule has 0 aliphatic heterocycles. The Morgan fingerprint density at radius 1 is 1.42 bits per heavy atom. The summed E-state index contributed by atoms with van der Waals surface area (Å²) in [6, 6.07) is 0. The third-order valence-corrected chi connectivity index (χ3v) is 1.81. The first-order valence-electron chi connectivity index (χ1n) is 3.36. The van der Waals surface area contributed by atoms with E-state index >= 15 is 0 Å². The van der Waals surface area contributed by atoms with E-state index in [0.717, 1.165) is 0 Å². The first-order valence-corrected chi connectivity index (χ1v) is 4.97. The molecule has 12 heavy (non-hydrogen) atoms. The maximum atomic E-state index is 10.2. The summed E-state index contributed by atoms with van der Waals surface area (Å²) in [4.78, 5) is 10.2. The van der Waals surface area contributed by atoms with Crippen LogP contribution in [0.25, 0.3) is 0 Å². The lowest BCUT2D eigenvalue weighted by molar-refractivity contribution is -0.117. The highest BCUT2D eigenvalue weighted by Crippen LogP contribution is 1.79. The molecule has 0 saturated heterocycles. The lowest BCUT2D eigenvalue weighted by Crippen LogP contribution is -2.26. The molecule has 6 nitrogen and oxygen atoms in total. The number of hydrogen-bond acceptors (Lipinski definition) is 4. The lowest BCUT2D eigenvalue weighted by Gasteiger charge is -1.99. The van der Waals surface area contributed by atoms with Crippen molar-refractivity contribution in [2.24, 2.45) is 5.73 Å². The average molecular weight is 196 g/mol. The molecule has 0 fully saturated rings. The van der Waals surface area contributed by atoms with Crippen LogP contribution in [0.1, 0.15) is 6.42 Å². The van der Waals surface area contributed by atoms with Crippen LogP contribution in [0.3, 0.4) is 0 Å². The van der Waals surface area contributed by atoms with Gasteiger partial charge >= 0.3 is 0 Å². The Kier molecular flexibility index (Phi) is 4.79. The van der Waals surface area contributed by atoms with Crippen LogP contribution in [0, 0.1) is 0 Å². The summed E-state index contributed by atoms with van der Waals surface area (Å²) in [7, 11) is -3.90. The molecular weight excluding hydrogens is 184 g/mol. The molecule has 0 rings (SSSR count). The normalized spacial score (nSPS) is 11.4. The Bertz CT molecular complexity index is 236. The monoisotopic (exact) mass is 196 g/mol. The summed E-state index contributed by atoms with van der Waals surface area (Å²) in [5.41, 5.74) is 4.81. The van der Waals surface area contributed by atoms with Crippen LogP contribution >= 0.6 is 0 Å². The Hall–Kier alpha value is -0.660. The summed E-state index contributed by atoms with van der Waals surface area (Å²) in [6.45, 7) is 0.441. The molecule has 72 valence electrons. The van der Waals surface area contributed by atoms with Gasteiger partial charge in [-0.3, -0.25) is 9.35 Å². The van der Waals surface area contributed by atoms with Gasteiger partial charge in [0.25, 0.3) is 10.1 Å². The van der Waals surface area contributed by atoms with Crippen molar-refractivity contribution in [1.29, 1.82) is 0 Å². The fraction of sp³-hybridized carbons (Fsp3) is 0.800. The van der Waals surface area contributed by atoms with E-state index in [1.165, 1.54) is 0 Å². The number of carbonyl (C=O) groups is 1. The smallest absolute Gasteiger partial charge is 0.266 e. The molecule has 0 aromatic heterocycles. The van der Waals surface area contributed by atoms with E-state index in [1.807, 2.05) is 0 Å². The molecule has 0 aromatic rings. The van der Waals surface area contributed by atoms with E-state index in [4.69, 9.17) is 10.3 Å². The minimum Gasteiger partial charge on any atom is -0.370 e. The first kappa shape index (κ1) is 11.3. The number of primary amides is 1. The Morgan fingerprint density at radius 2 is 2.00 bits per heavy atom. The van der Waals surface area contributed by atoms with Crippen molar-refractivity contribution in [2.75, 3.05) is 18.8 Å². The molecule has 0 aromatic carbocycles. The predicted molar refractivity (Wildman–Crippen MR) is 43.1 cm³/mol. The zero-order valence-corrected chi connectivity index (χ0v) is 7.30. The highest BCUT2D eigenvalue weighted by molar-refractivity contribution is 7.85. The Morgan fingerprint density at radius 3 is 2.42 bits per heavy atom. The van der Waals surface area contributed by atoms with Crippen molar-refractivity contribution in [3.8, 4) is 0 Å². The minimum atomic E-state index is -3.90. The molecule has 1 amide bonds. The van der Waals surface area contributed by atoms with Gasteiger partial charge in [0.15, 0.2) is 0 Å². The summed E-state index contributed by atoms with van der Waals surface area (Å²) in [5, 5.41) is 2.63. The molecule has 4 N–H and O–H groups in total. The summed E-state index contributed by atoms with van der Waals surface area (Å²) >= 11 is 0. The topological polar surface area (TPSA) is 109 Å². The molecule has 0 unspecified atom stereocenters. The van der Waals surface area contributed by atoms with E-state index in [2.05, 4.69) is 5.32 Å². The van der Waals surface area contributed by atoms with Crippen molar-refractivity contribution in [1.82, 2.24) is 5.32 Å². The molecule has 0 heterocycles. The lowest BCUT2D eigenvalue weighted by atomic mass is 10.4. The molecule has 7 heteroatoms. The third-order valence-electron chi connectivity index (χ3n) is 1.08. The molecule has 0 aliphatic rings. The highest BCUT2D eigenvalue weighted by Gasteiger charge is 2.02. The maximum Gasteiger partial charge on any atom is 0.266 e. The molecule has 0 aliphatic carbocycles. The quantitative estimate of drug-likeness (QED) is 0.348. The summed E-state index contributed by atoms with van der Waals surface area (Å²) in [5.74, 6) is -0.805. The zero-order chi connectivity index (χ0) is 9.61.